The molecule has 1 aliphatic carbocycles. The van der Waals surface area contributed by atoms with Gasteiger partial charge in [0.15, 0.2) is 0 Å². The predicted molar refractivity (Wildman–Crippen MR) is 130 cm³/mol. The van der Waals surface area contributed by atoms with E-state index < -0.39 is 21.9 Å². The van der Waals surface area contributed by atoms with E-state index in [0.717, 1.165) is 17.5 Å². The zero-order valence-corrected chi connectivity index (χ0v) is 21.6. The molecule has 3 fully saturated rings. The molecule has 1 spiro atoms. The van der Waals surface area contributed by atoms with E-state index in [-0.39, 0.29) is 40.9 Å². The van der Waals surface area contributed by atoms with Gasteiger partial charge in [-0.05, 0) is 61.6 Å². The molecule has 3 atom stereocenters. The molecule has 10 heteroatoms. The summed E-state index contributed by atoms with van der Waals surface area (Å²) in [5, 5.41) is 11.1. The van der Waals surface area contributed by atoms with E-state index >= 15 is 0 Å². The van der Waals surface area contributed by atoms with Crippen molar-refractivity contribution in [1.82, 2.24) is 9.21 Å². The van der Waals surface area contributed by atoms with Crippen molar-refractivity contribution in [3.63, 3.8) is 0 Å². The smallest absolute Gasteiger partial charge is 0.243 e. The molecule has 1 amide bonds. The molecule has 1 aromatic carbocycles. The van der Waals surface area contributed by atoms with Gasteiger partial charge in [0.05, 0.1) is 4.90 Å². The number of carbonyl (C=O) groups is 2. The second kappa shape index (κ2) is 9.61. The van der Waals surface area contributed by atoms with Crippen LogP contribution in [0.4, 0.5) is 0 Å². The Morgan fingerprint density at radius 3 is 2.49 bits per heavy atom. The lowest BCUT2D eigenvalue weighted by Gasteiger charge is -2.38. The van der Waals surface area contributed by atoms with Gasteiger partial charge in [-0.25, -0.2) is 8.42 Å². The van der Waals surface area contributed by atoms with Gasteiger partial charge >= 0.3 is 0 Å². The molecule has 2 saturated heterocycles. The normalized spacial score (nSPS) is 27.0. The van der Waals surface area contributed by atoms with Crippen LogP contribution in [0.15, 0.2) is 23.1 Å². The Balaban J connectivity index is 1.37. The molecule has 1 saturated carbocycles. The summed E-state index contributed by atoms with van der Waals surface area (Å²) >= 11 is 0. The third-order valence-corrected chi connectivity index (χ3v) is 10.5. The highest BCUT2D eigenvalue weighted by Gasteiger charge is 2.47. The Bertz CT molecular complexity index is 1130. The number of hydrogen-bond acceptors (Lipinski definition) is 6. The largest absolute Gasteiger partial charge is 0.342 e. The first-order valence-corrected chi connectivity index (χ1v) is 13.9. The Morgan fingerprint density at radius 1 is 1.17 bits per heavy atom. The maximum absolute atomic E-state index is 13.3. The highest BCUT2D eigenvalue weighted by atomic mass is 32.2. The number of ketones is 1. The number of benzene rings is 1. The lowest BCUT2D eigenvalue weighted by Crippen LogP contribution is -2.45. The predicted octanol–water partition coefficient (Wildman–Crippen LogP) is 2.81. The number of nitrogens with zero attached hydrogens (tertiary/aromatic N) is 3. The van der Waals surface area contributed by atoms with Crippen LogP contribution in [0.1, 0.15) is 50.2 Å². The van der Waals surface area contributed by atoms with Crippen molar-refractivity contribution in [2.45, 2.75) is 57.8 Å². The van der Waals surface area contributed by atoms with Gasteiger partial charge in [-0.3, -0.25) is 19.7 Å². The van der Waals surface area contributed by atoms with Crippen molar-refractivity contribution in [2.75, 3.05) is 32.7 Å². The minimum Gasteiger partial charge on any atom is -0.342 e. The summed E-state index contributed by atoms with van der Waals surface area (Å²) in [5.74, 6) is -1.22. The van der Waals surface area contributed by atoms with Crippen molar-refractivity contribution in [2.24, 2.45) is 23.2 Å². The molecule has 35 heavy (non-hydrogen) atoms. The van der Waals surface area contributed by atoms with E-state index in [2.05, 4.69) is 0 Å². The number of amides is 1. The molecule has 2 aliphatic heterocycles. The second-order valence-corrected chi connectivity index (χ2v) is 12.8. The standard InChI is InChI=1S/C25H35N3O6S/c1-17-4-5-18(2)23(12-17)35(33,34)27-10-7-25(8-11-27)6-9-26(16-25)24(30)14-20-21(15-28(31)32)19(3)13-22(20)29/h4-5,12,19-21H,6-11,13-16H2,1-3H3/t19-,20-,21+/m1/s1. The number of piperidine rings is 1. The fourth-order valence-electron chi connectivity index (χ4n) is 6.20. The molecule has 192 valence electrons. The van der Waals surface area contributed by atoms with Gasteiger partial charge in [0.1, 0.15) is 5.78 Å². The molecule has 2 heterocycles. The van der Waals surface area contributed by atoms with Gasteiger partial charge in [0, 0.05) is 55.8 Å². The van der Waals surface area contributed by atoms with Crippen molar-refractivity contribution >= 4 is 21.7 Å². The van der Waals surface area contributed by atoms with E-state index in [0.29, 0.717) is 50.3 Å². The number of Topliss-reactive ketones (excluding diaryl/α,β-unsaturated/α-hetero) is 1. The zero-order chi connectivity index (χ0) is 25.5. The maximum atomic E-state index is 13.3. The van der Waals surface area contributed by atoms with Crippen molar-refractivity contribution in [3.05, 3.63) is 39.4 Å². The van der Waals surface area contributed by atoms with Gasteiger partial charge in [-0.1, -0.05) is 19.1 Å². The first-order valence-electron chi connectivity index (χ1n) is 12.4. The number of sulfonamides is 1. The van der Waals surface area contributed by atoms with Gasteiger partial charge < -0.3 is 4.90 Å². The summed E-state index contributed by atoms with van der Waals surface area (Å²) in [6.07, 6.45) is 2.51. The van der Waals surface area contributed by atoms with E-state index in [1.54, 1.807) is 15.3 Å². The topological polar surface area (TPSA) is 118 Å². The Morgan fingerprint density at radius 2 is 1.83 bits per heavy atom. The molecule has 4 rings (SSSR count). The fourth-order valence-corrected chi connectivity index (χ4v) is 7.95. The number of carbonyl (C=O) groups excluding carboxylic acids is 2. The first-order chi connectivity index (χ1) is 16.4. The summed E-state index contributed by atoms with van der Waals surface area (Å²) in [6.45, 7) is 7.24. The summed E-state index contributed by atoms with van der Waals surface area (Å²) in [7, 11) is -3.57. The Hall–Kier alpha value is -2.33. The van der Waals surface area contributed by atoms with Crippen LogP contribution in [-0.4, -0.2) is 67.0 Å². The molecule has 0 N–H and O–H groups in total. The first kappa shape index (κ1) is 25.8. The summed E-state index contributed by atoms with van der Waals surface area (Å²) in [6, 6.07) is 5.46. The van der Waals surface area contributed by atoms with Gasteiger partial charge in [0.2, 0.25) is 22.5 Å². The van der Waals surface area contributed by atoms with Crippen LogP contribution in [0.3, 0.4) is 0 Å². The van der Waals surface area contributed by atoms with Gasteiger partial charge in [-0.15, -0.1) is 0 Å². The monoisotopic (exact) mass is 505 g/mol. The van der Waals surface area contributed by atoms with Crippen LogP contribution in [0.25, 0.3) is 0 Å². The Kier molecular flexibility index (Phi) is 7.07. The minimum absolute atomic E-state index is 0.0326. The highest BCUT2D eigenvalue weighted by Crippen LogP contribution is 2.43. The molecule has 9 nitrogen and oxygen atoms in total. The number of nitro groups is 1. The molecule has 3 aliphatic rings. The number of rotatable bonds is 6. The average Bonchev–Trinajstić information content (AvgIpc) is 3.31. The fraction of sp³-hybridized carbons (Fsp3) is 0.680. The van der Waals surface area contributed by atoms with Gasteiger partial charge in [0.25, 0.3) is 0 Å². The Labute approximate surface area is 207 Å². The third kappa shape index (κ3) is 5.14. The highest BCUT2D eigenvalue weighted by molar-refractivity contribution is 7.89. The SMILES string of the molecule is Cc1ccc(C)c(S(=O)(=O)N2CCC3(CCN(C(=O)C[C@H]4C(=O)C[C@@H](C)[C@@H]4C[N+](=O)[O-])C3)CC2)c1. The molecular formula is C25H35N3O6S. The zero-order valence-electron chi connectivity index (χ0n) is 20.7. The third-order valence-electron chi connectivity index (χ3n) is 8.47. The van der Waals surface area contributed by atoms with E-state index in [1.807, 2.05) is 32.9 Å². The van der Waals surface area contributed by atoms with Crippen molar-refractivity contribution in [3.8, 4) is 0 Å². The summed E-state index contributed by atoms with van der Waals surface area (Å²) < 4.78 is 28.1. The van der Waals surface area contributed by atoms with Crippen LogP contribution in [0.5, 0.6) is 0 Å². The lowest BCUT2D eigenvalue weighted by molar-refractivity contribution is -0.490. The van der Waals surface area contributed by atoms with Gasteiger partial charge in [-0.2, -0.15) is 4.31 Å². The van der Waals surface area contributed by atoms with Crippen LogP contribution in [-0.2, 0) is 19.6 Å². The summed E-state index contributed by atoms with van der Waals surface area (Å²) in [5.41, 5.74) is 1.53. The van der Waals surface area contributed by atoms with Crippen LogP contribution < -0.4 is 0 Å². The quantitative estimate of drug-likeness (QED) is 0.433. The summed E-state index contributed by atoms with van der Waals surface area (Å²) in [4.78, 5) is 38.4. The molecule has 0 unspecified atom stereocenters. The van der Waals surface area contributed by atoms with E-state index in [4.69, 9.17) is 0 Å². The average molecular weight is 506 g/mol. The molecule has 0 aromatic heterocycles. The molecule has 0 radical (unpaired) electrons. The minimum atomic E-state index is -3.57. The number of likely N-dealkylation sites (tertiary alicyclic amines) is 1. The van der Waals surface area contributed by atoms with Crippen LogP contribution in [0, 0.1) is 47.1 Å². The molecular weight excluding hydrogens is 470 g/mol. The van der Waals surface area contributed by atoms with Crippen LogP contribution in [0.2, 0.25) is 0 Å². The maximum Gasteiger partial charge on any atom is 0.243 e. The second-order valence-electron chi connectivity index (χ2n) is 10.9. The van der Waals surface area contributed by atoms with Crippen molar-refractivity contribution in [1.29, 1.82) is 0 Å². The van der Waals surface area contributed by atoms with Crippen molar-refractivity contribution < 1.29 is 22.9 Å². The van der Waals surface area contributed by atoms with E-state index in [1.165, 1.54) is 0 Å². The lowest BCUT2D eigenvalue weighted by atomic mass is 9.78. The molecule has 1 aromatic rings. The number of aryl methyl sites for hydroxylation is 2. The molecule has 0 bridgehead atoms. The van der Waals surface area contributed by atoms with Crippen LogP contribution >= 0.6 is 0 Å². The number of hydrogen-bond donors (Lipinski definition) is 0. The van der Waals surface area contributed by atoms with E-state index in [9.17, 15) is 28.1 Å².